The summed E-state index contributed by atoms with van der Waals surface area (Å²) in [6.07, 6.45) is 7.35. The number of rotatable bonds is 7. The number of nitrogens with zero attached hydrogens (tertiary/aromatic N) is 3. The third-order valence-electron chi connectivity index (χ3n) is 4.64. The molecule has 1 heterocycles. The minimum atomic E-state index is 0.259. The van der Waals surface area contributed by atoms with Crippen LogP contribution in [0.3, 0.4) is 0 Å². The molecule has 0 aliphatic heterocycles. The number of anilines is 1. The predicted molar refractivity (Wildman–Crippen MR) is 86.8 cm³/mol. The van der Waals surface area contributed by atoms with Gasteiger partial charge in [0.15, 0.2) is 0 Å². The molecule has 1 aliphatic rings. The van der Waals surface area contributed by atoms with Crippen LogP contribution in [0.1, 0.15) is 38.3 Å². The summed E-state index contributed by atoms with van der Waals surface area (Å²) in [4.78, 5) is 7.04. The zero-order valence-electron chi connectivity index (χ0n) is 14.1. The van der Waals surface area contributed by atoms with Crippen LogP contribution in [0.2, 0.25) is 0 Å². The molecule has 0 saturated heterocycles. The Morgan fingerprint density at radius 1 is 1.43 bits per heavy atom. The molecule has 1 atom stereocenters. The van der Waals surface area contributed by atoms with Crippen LogP contribution >= 0.6 is 0 Å². The first-order valence-electron chi connectivity index (χ1n) is 7.93. The van der Waals surface area contributed by atoms with Crippen molar-refractivity contribution in [3.63, 3.8) is 0 Å². The zero-order chi connectivity index (χ0) is 15.5. The number of ether oxygens (including phenoxy) is 1. The molecule has 0 spiro atoms. The van der Waals surface area contributed by atoms with E-state index in [2.05, 4.69) is 53.9 Å². The fraction of sp³-hybridized carbons (Fsp3) is 0.812. The first-order valence-corrected chi connectivity index (χ1v) is 7.93. The van der Waals surface area contributed by atoms with E-state index in [1.807, 2.05) is 0 Å². The molecule has 1 unspecified atom stereocenters. The lowest BCUT2D eigenvalue weighted by atomic mass is 9.96. The van der Waals surface area contributed by atoms with Gasteiger partial charge >= 0.3 is 0 Å². The molecule has 120 valence electrons. The standard InChI is InChI=1S/C16H30N4O/c1-13-10-20(15(17-13)18-14(2)11-21-5)12-16(19(3)4)8-6-7-9-16/h10,14H,6-9,11-12H2,1-5H3,(H,17,18). The zero-order valence-corrected chi connectivity index (χ0v) is 14.1. The predicted octanol–water partition coefficient (Wildman–Crippen LogP) is 2.51. The second-order valence-electron chi connectivity index (χ2n) is 6.66. The quantitative estimate of drug-likeness (QED) is 0.839. The molecule has 5 heteroatoms. The van der Waals surface area contributed by atoms with Crippen molar-refractivity contribution >= 4 is 5.95 Å². The molecule has 21 heavy (non-hydrogen) atoms. The monoisotopic (exact) mass is 294 g/mol. The molecule has 1 aromatic heterocycles. The molecule has 1 aliphatic carbocycles. The van der Waals surface area contributed by atoms with Crippen LogP contribution in [-0.2, 0) is 11.3 Å². The molecule has 1 saturated carbocycles. The molecule has 2 rings (SSSR count). The van der Waals surface area contributed by atoms with Crippen molar-refractivity contribution in [1.82, 2.24) is 14.5 Å². The second kappa shape index (κ2) is 6.79. The molecule has 0 aromatic carbocycles. The highest BCUT2D eigenvalue weighted by atomic mass is 16.5. The number of nitrogens with one attached hydrogen (secondary N) is 1. The Kier molecular flexibility index (Phi) is 5.27. The van der Waals surface area contributed by atoms with E-state index < -0.39 is 0 Å². The summed E-state index contributed by atoms with van der Waals surface area (Å²) < 4.78 is 7.49. The Hall–Kier alpha value is -1.07. The molecule has 1 aromatic rings. The largest absolute Gasteiger partial charge is 0.383 e. The second-order valence-corrected chi connectivity index (χ2v) is 6.66. The fourth-order valence-corrected chi connectivity index (χ4v) is 3.39. The van der Waals surface area contributed by atoms with E-state index >= 15 is 0 Å². The Labute approximate surface area is 128 Å². The highest BCUT2D eigenvalue weighted by molar-refractivity contribution is 5.30. The van der Waals surface area contributed by atoms with Gasteiger partial charge in [-0.2, -0.15) is 0 Å². The van der Waals surface area contributed by atoms with E-state index in [1.54, 1.807) is 7.11 Å². The van der Waals surface area contributed by atoms with E-state index in [-0.39, 0.29) is 11.6 Å². The number of aryl methyl sites for hydroxylation is 1. The molecule has 1 N–H and O–H groups in total. The Balaban J connectivity index is 2.15. The van der Waals surface area contributed by atoms with E-state index in [0.29, 0.717) is 6.61 Å². The van der Waals surface area contributed by atoms with Crippen molar-refractivity contribution in [2.45, 2.75) is 57.7 Å². The number of imidazole rings is 1. The molecule has 0 bridgehead atoms. The van der Waals surface area contributed by atoms with Gasteiger partial charge in [-0.15, -0.1) is 0 Å². The molecule has 1 fully saturated rings. The maximum Gasteiger partial charge on any atom is 0.203 e. The van der Waals surface area contributed by atoms with Crippen LogP contribution in [0, 0.1) is 6.92 Å². The van der Waals surface area contributed by atoms with Crippen LogP contribution in [-0.4, -0.2) is 53.8 Å². The number of likely N-dealkylation sites (N-methyl/N-ethyl adjacent to an activating group) is 1. The van der Waals surface area contributed by atoms with Crippen LogP contribution in [0.25, 0.3) is 0 Å². The van der Waals surface area contributed by atoms with Crippen LogP contribution < -0.4 is 5.32 Å². The fourth-order valence-electron chi connectivity index (χ4n) is 3.39. The normalized spacial score (nSPS) is 19.1. The minimum absolute atomic E-state index is 0.259. The van der Waals surface area contributed by atoms with Gasteiger partial charge in [0.25, 0.3) is 0 Å². The van der Waals surface area contributed by atoms with Gasteiger partial charge in [0, 0.05) is 31.4 Å². The van der Waals surface area contributed by atoms with E-state index in [9.17, 15) is 0 Å². The van der Waals surface area contributed by atoms with Crippen molar-refractivity contribution in [2.75, 3.05) is 33.1 Å². The minimum Gasteiger partial charge on any atom is -0.383 e. The maximum atomic E-state index is 5.21. The van der Waals surface area contributed by atoms with Crippen molar-refractivity contribution < 1.29 is 4.74 Å². The number of hydrogen-bond donors (Lipinski definition) is 1. The molecular weight excluding hydrogens is 264 g/mol. The van der Waals surface area contributed by atoms with Crippen molar-refractivity contribution in [1.29, 1.82) is 0 Å². The first kappa shape index (κ1) is 16.3. The van der Waals surface area contributed by atoms with Gasteiger partial charge in [0.1, 0.15) is 0 Å². The van der Waals surface area contributed by atoms with Crippen molar-refractivity contribution in [2.24, 2.45) is 0 Å². The lowest BCUT2D eigenvalue weighted by Crippen LogP contribution is -2.45. The van der Waals surface area contributed by atoms with E-state index in [1.165, 1.54) is 25.7 Å². The van der Waals surface area contributed by atoms with Gasteiger partial charge < -0.3 is 19.5 Å². The van der Waals surface area contributed by atoms with E-state index in [4.69, 9.17) is 4.74 Å². The van der Waals surface area contributed by atoms with E-state index in [0.717, 1.165) is 18.2 Å². The Morgan fingerprint density at radius 2 is 2.10 bits per heavy atom. The Morgan fingerprint density at radius 3 is 2.67 bits per heavy atom. The molecular formula is C16H30N4O. The van der Waals surface area contributed by atoms with Crippen molar-refractivity contribution in [3.8, 4) is 0 Å². The van der Waals surface area contributed by atoms with Crippen LogP contribution in [0.5, 0.6) is 0 Å². The summed E-state index contributed by atoms with van der Waals surface area (Å²) in [5.41, 5.74) is 1.34. The number of hydrogen-bond acceptors (Lipinski definition) is 4. The van der Waals surface area contributed by atoms with Gasteiger partial charge in [0.05, 0.1) is 12.3 Å². The highest BCUT2D eigenvalue weighted by Crippen LogP contribution is 2.36. The lowest BCUT2D eigenvalue weighted by molar-refractivity contribution is 0.134. The summed E-state index contributed by atoms with van der Waals surface area (Å²) in [7, 11) is 6.14. The third-order valence-corrected chi connectivity index (χ3v) is 4.64. The van der Waals surface area contributed by atoms with Gasteiger partial charge in [-0.25, -0.2) is 4.98 Å². The summed E-state index contributed by atoms with van der Waals surface area (Å²) in [6, 6.07) is 0.259. The number of methoxy groups -OCH3 is 1. The first-order chi connectivity index (χ1) is 9.97. The summed E-state index contributed by atoms with van der Waals surface area (Å²) >= 11 is 0. The average molecular weight is 294 g/mol. The van der Waals surface area contributed by atoms with Crippen molar-refractivity contribution in [3.05, 3.63) is 11.9 Å². The SMILES string of the molecule is COCC(C)Nc1nc(C)cn1CC1(N(C)C)CCCC1. The van der Waals surface area contributed by atoms with Gasteiger partial charge in [0.2, 0.25) is 5.95 Å². The van der Waals surface area contributed by atoms with Crippen LogP contribution in [0.15, 0.2) is 6.20 Å². The summed E-state index contributed by atoms with van der Waals surface area (Å²) in [6.45, 7) is 5.86. The summed E-state index contributed by atoms with van der Waals surface area (Å²) in [5, 5.41) is 3.47. The molecule has 0 radical (unpaired) electrons. The highest BCUT2D eigenvalue weighted by Gasteiger charge is 2.36. The van der Waals surface area contributed by atoms with Crippen LogP contribution in [0.4, 0.5) is 5.95 Å². The topological polar surface area (TPSA) is 42.3 Å². The number of aromatic nitrogens is 2. The molecule has 0 amide bonds. The summed E-state index contributed by atoms with van der Waals surface area (Å²) in [5.74, 6) is 0.963. The maximum absolute atomic E-state index is 5.21. The lowest BCUT2D eigenvalue weighted by Gasteiger charge is -2.37. The van der Waals surface area contributed by atoms with Gasteiger partial charge in [-0.05, 0) is 40.8 Å². The Bertz CT molecular complexity index is 449. The molecule has 5 nitrogen and oxygen atoms in total. The van der Waals surface area contributed by atoms with Gasteiger partial charge in [-0.3, -0.25) is 0 Å². The smallest absolute Gasteiger partial charge is 0.203 e. The average Bonchev–Trinajstić information content (AvgIpc) is 2.99. The third kappa shape index (κ3) is 3.77. The van der Waals surface area contributed by atoms with Gasteiger partial charge in [-0.1, -0.05) is 12.8 Å².